The van der Waals surface area contributed by atoms with Crippen LogP contribution >= 0.6 is 0 Å². The van der Waals surface area contributed by atoms with Crippen LogP contribution in [0.15, 0.2) is 42.5 Å². The number of halogens is 1. The number of hydrogen-bond donors (Lipinski definition) is 1. The summed E-state index contributed by atoms with van der Waals surface area (Å²) in [6.45, 7) is 2.70. The van der Waals surface area contributed by atoms with Gasteiger partial charge < -0.3 is 5.32 Å². The van der Waals surface area contributed by atoms with Crippen LogP contribution in [0.1, 0.15) is 22.6 Å². The van der Waals surface area contributed by atoms with Crippen LogP contribution in [0.4, 0.5) is 10.1 Å². The summed E-state index contributed by atoms with van der Waals surface area (Å²) in [6.07, 6.45) is 1.09. The molecule has 1 aliphatic carbocycles. The van der Waals surface area contributed by atoms with Gasteiger partial charge in [-0.1, -0.05) is 30.3 Å². The Morgan fingerprint density at radius 1 is 1.22 bits per heavy atom. The predicted molar refractivity (Wildman–Crippen MR) is 72.5 cm³/mol. The lowest BCUT2D eigenvalue weighted by Gasteiger charge is -2.30. The van der Waals surface area contributed by atoms with Gasteiger partial charge in [0.05, 0.1) is 5.69 Å². The first kappa shape index (κ1) is 11.3. The van der Waals surface area contributed by atoms with Gasteiger partial charge >= 0.3 is 0 Å². The maximum absolute atomic E-state index is 13.7. The number of hydrogen-bond acceptors (Lipinski definition) is 1. The molecule has 2 aromatic carbocycles. The highest BCUT2D eigenvalue weighted by molar-refractivity contribution is 5.48. The highest BCUT2D eigenvalue weighted by Gasteiger charge is 2.24. The minimum Gasteiger partial charge on any atom is -0.382 e. The zero-order valence-electron chi connectivity index (χ0n) is 10.4. The minimum atomic E-state index is -0.164. The molecule has 2 aromatic rings. The Balaban J connectivity index is 1.66. The van der Waals surface area contributed by atoms with Gasteiger partial charge in [-0.05, 0) is 42.2 Å². The lowest BCUT2D eigenvalue weighted by molar-refractivity contribution is 0.613. The van der Waals surface area contributed by atoms with Crippen molar-refractivity contribution in [1.29, 1.82) is 0 Å². The quantitative estimate of drug-likeness (QED) is 0.859. The molecular formula is C16H16FN. The van der Waals surface area contributed by atoms with Crippen LogP contribution in [0.25, 0.3) is 0 Å². The molecule has 92 valence electrons. The van der Waals surface area contributed by atoms with E-state index < -0.39 is 0 Å². The molecule has 3 rings (SSSR count). The molecule has 1 nitrogen and oxygen atoms in total. The van der Waals surface area contributed by atoms with Gasteiger partial charge in [-0.15, -0.1) is 0 Å². The first-order valence-corrected chi connectivity index (χ1v) is 6.32. The fourth-order valence-corrected chi connectivity index (χ4v) is 2.54. The van der Waals surface area contributed by atoms with Gasteiger partial charge in [0.2, 0.25) is 0 Å². The molecule has 1 unspecified atom stereocenters. The van der Waals surface area contributed by atoms with Gasteiger partial charge in [-0.3, -0.25) is 0 Å². The van der Waals surface area contributed by atoms with E-state index in [1.165, 1.54) is 11.1 Å². The highest BCUT2D eigenvalue weighted by atomic mass is 19.1. The van der Waals surface area contributed by atoms with Gasteiger partial charge in [-0.25, -0.2) is 4.39 Å². The highest BCUT2D eigenvalue weighted by Crippen LogP contribution is 2.34. The van der Waals surface area contributed by atoms with Gasteiger partial charge in [-0.2, -0.15) is 0 Å². The van der Waals surface area contributed by atoms with Crippen molar-refractivity contribution in [2.45, 2.75) is 19.3 Å². The van der Waals surface area contributed by atoms with Crippen molar-refractivity contribution in [3.8, 4) is 0 Å². The molecule has 0 heterocycles. The van der Waals surface area contributed by atoms with Crippen LogP contribution in [0.5, 0.6) is 0 Å². The van der Waals surface area contributed by atoms with Crippen LogP contribution in [0, 0.1) is 12.7 Å². The molecular weight excluding hydrogens is 225 g/mol. The second kappa shape index (κ2) is 4.45. The first-order valence-electron chi connectivity index (χ1n) is 6.32. The molecule has 1 N–H and O–H groups in total. The van der Waals surface area contributed by atoms with Gasteiger partial charge in [0, 0.05) is 12.5 Å². The zero-order valence-corrected chi connectivity index (χ0v) is 10.4. The van der Waals surface area contributed by atoms with E-state index in [0.29, 0.717) is 11.6 Å². The number of anilines is 1. The molecule has 0 fully saturated rings. The Kier molecular flexibility index (Phi) is 2.78. The lowest BCUT2D eigenvalue weighted by atomic mass is 9.77. The van der Waals surface area contributed by atoms with Gasteiger partial charge in [0.1, 0.15) is 5.82 Å². The monoisotopic (exact) mass is 241 g/mol. The van der Waals surface area contributed by atoms with E-state index in [1.54, 1.807) is 6.07 Å². The summed E-state index contributed by atoms with van der Waals surface area (Å²) < 4.78 is 13.7. The van der Waals surface area contributed by atoms with Crippen molar-refractivity contribution in [2.24, 2.45) is 0 Å². The van der Waals surface area contributed by atoms with E-state index in [9.17, 15) is 4.39 Å². The average molecular weight is 241 g/mol. The molecule has 0 radical (unpaired) electrons. The summed E-state index contributed by atoms with van der Waals surface area (Å²) >= 11 is 0. The number of benzene rings is 2. The summed E-state index contributed by atoms with van der Waals surface area (Å²) in [5, 5.41) is 3.21. The molecule has 0 saturated heterocycles. The molecule has 0 saturated carbocycles. The second-order valence-electron chi connectivity index (χ2n) is 4.96. The standard InChI is InChI=1S/C16H16FN/c1-11-6-7-16(15(17)8-11)18-10-13-9-12-4-2-3-5-14(12)13/h2-8,13,18H,9-10H2,1H3. The van der Waals surface area contributed by atoms with Crippen molar-refractivity contribution in [3.05, 3.63) is 65.0 Å². The van der Waals surface area contributed by atoms with Crippen LogP contribution in [0.2, 0.25) is 0 Å². The summed E-state index contributed by atoms with van der Waals surface area (Å²) in [6, 6.07) is 13.8. The smallest absolute Gasteiger partial charge is 0.146 e. The van der Waals surface area contributed by atoms with Crippen molar-refractivity contribution < 1.29 is 4.39 Å². The Bertz CT molecular complexity index is 577. The van der Waals surface area contributed by atoms with Crippen molar-refractivity contribution in [2.75, 3.05) is 11.9 Å². The van der Waals surface area contributed by atoms with E-state index in [0.717, 1.165) is 18.5 Å². The van der Waals surface area contributed by atoms with Crippen molar-refractivity contribution >= 4 is 5.69 Å². The Hall–Kier alpha value is -1.83. The topological polar surface area (TPSA) is 12.0 Å². The Morgan fingerprint density at radius 3 is 2.83 bits per heavy atom. The van der Waals surface area contributed by atoms with Crippen LogP contribution in [-0.2, 0) is 6.42 Å². The third kappa shape index (κ3) is 1.99. The van der Waals surface area contributed by atoms with E-state index in [4.69, 9.17) is 0 Å². The molecule has 0 aromatic heterocycles. The number of aryl methyl sites for hydroxylation is 1. The van der Waals surface area contributed by atoms with Crippen LogP contribution < -0.4 is 5.32 Å². The maximum Gasteiger partial charge on any atom is 0.146 e. The predicted octanol–water partition coefficient (Wildman–Crippen LogP) is 3.89. The zero-order chi connectivity index (χ0) is 12.5. The van der Waals surface area contributed by atoms with E-state index in [2.05, 4.69) is 29.6 Å². The number of nitrogens with one attached hydrogen (secondary N) is 1. The van der Waals surface area contributed by atoms with Crippen LogP contribution in [0.3, 0.4) is 0 Å². The second-order valence-corrected chi connectivity index (χ2v) is 4.96. The fourth-order valence-electron chi connectivity index (χ4n) is 2.54. The summed E-state index contributed by atoms with van der Waals surface area (Å²) in [4.78, 5) is 0. The summed E-state index contributed by atoms with van der Waals surface area (Å²) in [7, 11) is 0. The molecule has 1 atom stereocenters. The van der Waals surface area contributed by atoms with E-state index in [1.807, 2.05) is 19.1 Å². The molecule has 0 bridgehead atoms. The Morgan fingerprint density at radius 2 is 2.06 bits per heavy atom. The van der Waals surface area contributed by atoms with Crippen molar-refractivity contribution in [1.82, 2.24) is 0 Å². The van der Waals surface area contributed by atoms with Gasteiger partial charge in [0.15, 0.2) is 0 Å². The van der Waals surface area contributed by atoms with E-state index >= 15 is 0 Å². The largest absolute Gasteiger partial charge is 0.382 e. The molecule has 2 heteroatoms. The maximum atomic E-state index is 13.7. The third-order valence-corrected chi connectivity index (χ3v) is 3.62. The fraction of sp³-hybridized carbons (Fsp3) is 0.250. The molecule has 0 aliphatic heterocycles. The van der Waals surface area contributed by atoms with E-state index in [-0.39, 0.29) is 5.82 Å². The third-order valence-electron chi connectivity index (χ3n) is 3.62. The summed E-state index contributed by atoms with van der Waals surface area (Å²) in [5.41, 5.74) is 4.38. The van der Waals surface area contributed by atoms with Crippen molar-refractivity contribution in [3.63, 3.8) is 0 Å². The van der Waals surface area contributed by atoms with Gasteiger partial charge in [0.25, 0.3) is 0 Å². The number of fused-ring (bicyclic) bond motifs is 1. The normalized spacial score (nSPS) is 16.9. The summed E-state index contributed by atoms with van der Waals surface area (Å²) in [5.74, 6) is 0.351. The molecule has 18 heavy (non-hydrogen) atoms. The van der Waals surface area contributed by atoms with Crippen LogP contribution in [-0.4, -0.2) is 6.54 Å². The number of rotatable bonds is 3. The molecule has 0 amide bonds. The lowest BCUT2D eigenvalue weighted by Crippen LogP contribution is -2.24. The molecule has 1 aliphatic rings. The average Bonchev–Trinajstić information content (AvgIpc) is 2.33. The molecule has 0 spiro atoms. The minimum absolute atomic E-state index is 0.164. The first-order chi connectivity index (χ1) is 8.74. The SMILES string of the molecule is Cc1ccc(NCC2Cc3ccccc32)c(F)c1. The Labute approximate surface area is 107 Å².